The van der Waals surface area contributed by atoms with Gasteiger partial charge in [0.05, 0.1) is 5.69 Å². The number of aromatic nitrogens is 1. The first kappa shape index (κ1) is 23.1. The highest BCUT2D eigenvalue weighted by Gasteiger charge is 2.34. The summed E-state index contributed by atoms with van der Waals surface area (Å²) in [6, 6.07) is -0.538. The van der Waals surface area contributed by atoms with Crippen molar-refractivity contribution in [2.75, 3.05) is 18.9 Å². The van der Waals surface area contributed by atoms with Crippen LogP contribution in [0.2, 0.25) is 0 Å². The Kier molecular flexibility index (Phi) is 8.84. The van der Waals surface area contributed by atoms with E-state index >= 15 is 0 Å². The number of hydrogen-bond acceptors (Lipinski definition) is 7. The van der Waals surface area contributed by atoms with E-state index in [1.807, 2.05) is 6.92 Å². The van der Waals surface area contributed by atoms with Crippen molar-refractivity contribution in [2.45, 2.75) is 70.4 Å². The minimum absolute atomic E-state index is 0.0630. The predicted molar refractivity (Wildman–Crippen MR) is 111 cm³/mol. The summed E-state index contributed by atoms with van der Waals surface area (Å²) in [7, 11) is 0. The van der Waals surface area contributed by atoms with E-state index in [4.69, 9.17) is 11.5 Å². The Morgan fingerprint density at radius 2 is 2.00 bits per heavy atom. The van der Waals surface area contributed by atoms with E-state index in [0.717, 1.165) is 50.1 Å². The Morgan fingerprint density at radius 3 is 2.55 bits per heavy atom. The van der Waals surface area contributed by atoms with Gasteiger partial charge in [-0.2, -0.15) is 4.37 Å². The minimum atomic E-state index is -0.804. The topological polar surface area (TPSA) is 152 Å². The molecule has 1 aliphatic carbocycles. The third-order valence-electron chi connectivity index (χ3n) is 5.19. The monoisotopic (exact) mass is 425 g/mol. The van der Waals surface area contributed by atoms with Gasteiger partial charge < -0.3 is 26.8 Å². The number of hydrogen-bond donors (Lipinski definition) is 4. The molecule has 3 amide bonds. The van der Waals surface area contributed by atoms with Gasteiger partial charge in [-0.3, -0.25) is 14.4 Å². The number of nitrogen functional groups attached to an aromatic ring is 1. The second-order valence-electron chi connectivity index (χ2n) is 7.36. The molecule has 0 saturated heterocycles. The summed E-state index contributed by atoms with van der Waals surface area (Å²) in [6.07, 6.45) is 6.55. The molecule has 29 heavy (non-hydrogen) atoms. The van der Waals surface area contributed by atoms with E-state index in [1.165, 1.54) is 4.90 Å². The van der Waals surface area contributed by atoms with Crippen molar-refractivity contribution in [3.8, 4) is 0 Å². The Labute approximate surface area is 175 Å². The van der Waals surface area contributed by atoms with Crippen LogP contribution in [-0.2, 0) is 4.79 Å². The van der Waals surface area contributed by atoms with E-state index in [9.17, 15) is 19.5 Å². The lowest BCUT2D eigenvalue weighted by atomic mass is 10.1. The number of unbranched alkanes of at least 4 members (excludes halogenated alkanes) is 1. The fourth-order valence-electron chi connectivity index (χ4n) is 3.59. The number of anilines is 1. The molecule has 0 aliphatic heterocycles. The van der Waals surface area contributed by atoms with Crippen LogP contribution in [0.1, 0.15) is 78.5 Å². The van der Waals surface area contributed by atoms with Crippen LogP contribution in [0.5, 0.6) is 0 Å². The third-order valence-corrected chi connectivity index (χ3v) is 6.04. The van der Waals surface area contributed by atoms with Crippen LogP contribution in [0.25, 0.3) is 0 Å². The zero-order chi connectivity index (χ0) is 21.4. The molecule has 1 saturated carbocycles. The maximum absolute atomic E-state index is 13.3. The first-order valence-electron chi connectivity index (χ1n) is 10.2. The Morgan fingerprint density at radius 1 is 1.31 bits per heavy atom. The van der Waals surface area contributed by atoms with Crippen LogP contribution < -0.4 is 16.8 Å². The molecular formula is C19H31N5O4S. The van der Waals surface area contributed by atoms with E-state index < -0.39 is 17.9 Å². The molecule has 2 rings (SSSR count). The molecule has 0 spiro atoms. The average molecular weight is 426 g/mol. The summed E-state index contributed by atoms with van der Waals surface area (Å²) in [5.41, 5.74) is 11.0. The van der Waals surface area contributed by atoms with Gasteiger partial charge in [-0.15, -0.1) is 0 Å². The molecule has 162 valence electrons. The first-order valence-corrected chi connectivity index (χ1v) is 10.9. The summed E-state index contributed by atoms with van der Waals surface area (Å²) >= 11 is 0.799. The molecule has 1 atom stereocenters. The molecular weight excluding hydrogens is 394 g/mol. The fourth-order valence-corrected chi connectivity index (χ4v) is 4.35. The summed E-state index contributed by atoms with van der Waals surface area (Å²) in [6.45, 7) is 2.11. The van der Waals surface area contributed by atoms with Crippen molar-refractivity contribution >= 4 is 34.9 Å². The van der Waals surface area contributed by atoms with E-state index in [0.29, 0.717) is 12.8 Å². The first-order chi connectivity index (χ1) is 13.9. The van der Waals surface area contributed by atoms with Gasteiger partial charge in [0.25, 0.3) is 11.8 Å². The van der Waals surface area contributed by atoms with Gasteiger partial charge in [-0.1, -0.05) is 32.6 Å². The lowest BCUT2D eigenvalue weighted by molar-refractivity contribution is -0.126. The normalized spacial score (nSPS) is 15.2. The standard InChI is InChI=1S/C19H31N5O4S/c1-2-3-9-13(18(27)22-12-7-4-5-8-12)24(10-6-11-25)19(28)16-14(20)15(17(21)26)23-29-16/h12-13,25H,2-11,20H2,1H3,(H2,21,26)(H,22,27)/t13-/m0/s1. The molecule has 6 N–H and O–H groups in total. The number of carbonyl (C=O) groups excluding carboxylic acids is 3. The van der Waals surface area contributed by atoms with Crippen molar-refractivity contribution in [1.82, 2.24) is 14.6 Å². The minimum Gasteiger partial charge on any atom is -0.396 e. The van der Waals surface area contributed by atoms with Gasteiger partial charge in [-0.05, 0) is 37.2 Å². The molecule has 0 aromatic carbocycles. The van der Waals surface area contributed by atoms with Crippen LogP contribution in [0.4, 0.5) is 5.69 Å². The largest absolute Gasteiger partial charge is 0.396 e. The maximum atomic E-state index is 13.3. The maximum Gasteiger partial charge on any atom is 0.270 e. The average Bonchev–Trinajstić information content (AvgIpc) is 3.33. The smallest absolute Gasteiger partial charge is 0.270 e. The molecule has 0 radical (unpaired) electrons. The number of carbonyl (C=O) groups is 3. The van der Waals surface area contributed by atoms with Gasteiger partial charge in [0.15, 0.2) is 5.69 Å². The van der Waals surface area contributed by atoms with Crippen LogP contribution in [0, 0.1) is 0 Å². The fraction of sp³-hybridized carbons (Fsp3) is 0.684. The number of aliphatic hydroxyl groups is 1. The summed E-state index contributed by atoms with van der Waals surface area (Å²) in [4.78, 5) is 39.3. The van der Waals surface area contributed by atoms with Gasteiger partial charge in [-0.25, -0.2) is 0 Å². The van der Waals surface area contributed by atoms with Crippen molar-refractivity contribution < 1.29 is 19.5 Å². The number of nitrogens with two attached hydrogens (primary N) is 2. The number of amides is 3. The van der Waals surface area contributed by atoms with Crippen molar-refractivity contribution in [2.24, 2.45) is 5.73 Å². The van der Waals surface area contributed by atoms with Crippen LogP contribution in [-0.4, -0.2) is 57.3 Å². The van der Waals surface area contributed by atoms with Crippen molar-refractivity contribution in [3.05, 3.63) is 10.6 Å². The van der Waals surface area contributed by atoms with Gasteiger partial charge in [0, 0.05) is 19.2 Å². The second kappa shape index (κ2) is 11.1. The highest BCUT2D eigenvalue weighted by Crippen LogP contribution is 2.26. The highest BCUT2D eigenvalue weighted by molar-refractivity contribution is 7.09. The second-order valence-corrected chi connectivity index (χ2v) is 8.14. The van der Waals surface area contributed by atoms with E-state index in [-0.39, 0.29) is 41.4 Å². The van der Waals surface area contributed by atoms with E-state index in [2.05, 4.69) is 9.69 Å². The van der Waals surface area contributed by atoms with Crippen LogP contribution in [0.3, 0.4) is 0 Å². The number of primary amides is 1. The summed E-state index contributed by atoms with van der Waals surface area (Å²) in [5, 5.41) is 12.4. The molecule has 9 nitrogen and oxygen atoms in total. The number of nitrogens with zero attached hydrogens (tertiary/aromatic N) is 2. The molecule has 1 heterocycles. The Bertz CT molecular complexity index is 717. The van der Waals surface area contributed by atoms with Gasteiger partial charge in [0.1, 0.15) is 10.9 Å². The molecule has 1 fully saturated rings. The number of nitrogens with one attached hydrogen (secondary N) is 1. The Balaban J connectivity index is 2.29. The summed E-state index contributed by atoms with van der Waals surface area (Å²) < 4.78 is 3.89. The summed E-state index contributed by atoms with van der Waals surface area (Å²) in [5.74, 6) is -1.46. The van der Waals surface area contributed by atoms with E-state index in [1.54, 1.807) is 0 Å². The van der Waals surface area contributed by atoms with Crippen molar-refractivity contribution in [3.63, 3.8) is 0 Å². The quantitative estimate of drug-likeness (QED) is 0.419. The molecule has 0 unspecified atom stereocenters. The third kappa shape index (κ3) is 5.89. The van der Waals surface area contributed by atoms with Crippen LogP contribution >= 0.6 is 11.5 Å². The number of rotatable bonds is 11. The van der Waals surface area contributed by atoms with Crippen molar-refractivity contribution in [1.29, 1.82) is 0 Å². The van der Waals surface area contributed by atoms with Gasteiger partial charge >= 0.3 is 0 Å². The van der Waals surface area contributed by atoms with Gasteiger partial charge in [0.2, 0.25) is 5.91 Å². The van der Waals surface area contributed by atoms with Crippen LogP contribution in [0.15, 0.2) is 0 Å². The molecule has 1 aliphatic rings. The molecule has 0 bridgehead atoms. The lowest BCUT2D eigenvalue weighted by Gasteiger charge is -2.31. The Hall–Kier alpha value is -2.20. The SMILES string of the molecule is CCCC[C@@H](C(=O)NC1CCCC1)N(CCCO)C(=O)c1snc(C(N)=O)c1N. The molecule has 10 heteroatoms. The molecule has 1 aromatic rings. The highest BCUT2D eigenvalue weighted by atomic mass is 32.1. The predicted octanol–water partition coefficient (Wildman–Crippen LogP) is 1.27. The lowest BCUT2D eigenvalue weighted by Crippen LogP contribution is -2.52. The zero-order valence-corrected chi connectivity index (χ0v) is 17.7. The zero-order valence-electron chi connectivity index (χ0n) is 16.9. The number of aliphatic hydroxyl groups excluding tert-OH is 1. The molecule has 1 aromatic heterocycles.